The van der Waals surface area contributed by atoms with Crippen molar-refractivity contribution in [3.63, 3.8) is 0 Å². The van der Waals surface area contributed by atoms with E-state index in [2.05, 4.69) is 21.2 Å². The van der Waals surface area contributed by atoms with Crippen LogP contribution in [-0.2, 0) is 6.54 Å². The minimum absolute atomic E-state index is 0.0239. The number of amides is 1. The summed E-state index contributed by atoms with van der Waals surface area (Å²) in [5, 5.41) is 3.26. The van der Waals surface area contributed by atoms with Crippen molar-refractivity contribution in [2.75, 3.05) is 5.32 Å². The van der Waals surface area contributed by atoms with Gasteiger partial charge in [0.2, 0.25) is 0 Å². The van der Waals surface area contributed by atoms with Gasteiger partial charge in [-0.1, -0.05) is 33.6 Å². The third-order valence-corrected chi connectivity index (χ3v) is 3.65. The molecule has 2 aromatic rings. The fourth-order valence-electron chi connectivity index (χ4n) is 1.73. The smallest absolute Gasteiger partial charge is 0.251 e. The average molecular weight is 376 g/mol. The van der Waals surface area contributed by atoms with Gasteiger partial charge in [0.15, 0.2) is 0 Å². The minimum Gasteiger partial charge on any atom is -0.379 e. The molecule has 110 valence electrons. The van der Waals surface area contributed by atoms with Gasteiger partial charge in [-0.25, -0.2) is 8.78 Å². The van der Waals surface area contributed by atoms with Crippen molar-refractivity contribution in [2.45, 2.75) is 6.54 Å². The first-order valence-corrected chi connectivity index (χ1v) is 7.02. The van der Waals surface area contributed by atoms with Crippen LogP contribution < -0.4 is 11.1 Å². The minimum atomic E-state index is -0.993. The Morgan fingerprint density at radius 3 is 2.57 bits per heavy atom. The molecule has 1 amide bonds. The summed E-state index contributed by atoms with van der Waals surface area (Å²) in [7, 11) is 0. The fraction of sp³-hybridized carbons (Fsp3) is 0.0714. The molecule has 3 N–H and O–H groups in total. The molecule has 0 heterocycles. The molecular weight excluding hydrogens is 366 g/mol. The van der Waals surface area contributed by atoms with E-state index in [-0.39, 0.29) is 17.8 Å². The van der Waals surface area contributed by atoms with E-state index in [0.29, 0.717) is 11.1 Å². The van der Waals surface area contributed by atoms with Crippen LogP contribution in [0.25, 0.3) is 0 Å². The first-order valence-electron chi connectivity index (χ1n) is 5.85. The molecule has 0 aromatic heterocycles. The van der Waals surface area contributed by atoms with E-state index in [4.69, 9.17) is 17.3 Å². The van der Waals surface area contributed by atoms with Crippen molar-refractivity contribution in [1.82, 2.24) is 0 Å². The standard InChI is InChI=1S/C14H10BrClF2N2O/c15-8-2-1-7(10(16)3-8)6-20-13-4-9(14(19)21)11(17)5-12(13)18/h1-5,20H,6H2,(H2,19,21). The molecule has 0 atom stereocenters. The number of benzene rings is 2. The molecule has 2 aromatic carbocycles. The van der Waals surface area contributed by atoms with Gasteiger partial charge in [0.05, 0.1) is 11.3 Å². The summed E-state index contributed by atoms with van der Waals surface area (Å²) < 4.78 is 27.8. The van der Waals surface area contributed by atoms with E-state index in [9.17, 15) is 13.6 Å². The van der Waals surface area contributed by atoms with Crippen molar-refractivity contribution in [1.29, 1.82) is 0 Å². The van der Waals surface area contributed by atoms with Gasteiger partial charge in [0.25, 0.3) is 5.91 Å². The normalized spacial score (nSPS) is 10.5. The molecular formula is C14H10BrClF2N2O. The Balaban J connectivity index is 2.23. The first-order chi connectivity index (χ1) is 9.88. The maximum Gasteiger partial charge on any atom is 0.251 e. The third-order valence-electron chi connectivity index (χ3n) is 2.81. The number of nitrogens with two attached hydrogens (primary N) is 1. The fourth-order valence-corrected chi connectivity index (χ4v) is 2.47. The van der Waals surface area contributed by atoms with E-state index in [1.807, 2.05) is 0 Å². The van der Waals surface area contributed by atoms with Crippen LogP contribution >= 0.6 is 27.5 Å². The highest BCUT2D eigenvalue weighted by Crippen LogP contribution is 2.24. The Bertz CT molecular complexity index is 710. The lowest BCUT2D eigenvalue weighted by atomic mass is 10.1. The van der Waals surface area contributed by atoms with Crippen LogP contribution in [0, 0.1) is 11.6 Å². The zero-order valence-electron chi connectivity index (χ0n) is 10.6. The SMILES string of the molecule is NC(=O)c1cc(NCc2ccc(Br)cc2Cl)c(F)cc1F. The number of hydrogen-bond donors (Lipinski definition) is 2. The summed E-state index contributed by atoms with van der Waals surface area (Å²) in [5.41, 5.74) is 5.35. The van der Waals surface area contributed by atoms with Crippen molar-refractivity contribution < 1.29 is 13.6 Å². The van der Waals surface area contributed by atoms with Crippen LogP contribution in [-0.4, -0.2) is 5.91 Å². The summed E-state index contributed by atoms with van der Waals surface area (Å²) in [4.78, 5) is 11.1. The quantitative estimate of drug-likeness (QED) is 0.845. The number of carbonyl (C=O) groups is 1. The number of carbonyl (C=O) groups excluding carboxylic acids is 1. The molecule has 0 radical (unpaired) electrons. The third kappa shape index (κ3) is 3.71. The Labute approximate surface area is 133 Å². The summed E-state index contributed by atoms with van der Waals surface area (Å²) in [6.45, 7) is 0.215. The summed E-state index contributed by atoms with van der Waals surface area (Å²) in [6.07, 6.45) is 0. The molecule has 0 saturated carbocycles. The monoisotopic (exact) mass is 374 g/mol. The molecule has 3 nitrogen and oxygen atoms in total. The Morgan fingerprint density at radius 1 is 1.24 bits per heavy atom. The van der Waals surface area contributed by atoms with Gasteiger partial charge in [-0.3, -0.25) is 4.79 Å². The van der Waals surface area contributed by atoms with Crippen molar-refractivity contribution >= 4 is 39.1 Å². The summed E-state index contributed by atoms with van der Waals surface area (Å²) in [5.74, 6) is -2.77. The second-order valence-electron chi connectivity index (χ2n) is 4.27. The second-order valence-corrected chi connectivity index (χ2v) is 5.59. The predicted molar refractivity (Wildman–Crippen MR) is 81.4 cm³/mol. The van der Waals surface area contributed by atoms with E-state index in [1.54, 1.807) is 18.2 Å². The van der Waals surface area contributed by atoms with Crippen molar-refractivity contribution in [3.05, 3.63) is 62.6 Å². The lowest BCUT2D eigenvalue weighted by molar-refractivity contribution is 0.0996. The number of anilines is 1. The molecule has 0 saturated heterocycles. The van der Waals surface area contributed by atoms with E-state index >= 15 is 0 Å². The number of halogens is 4. The Hall–Kier alpha value is -1.66. The number of primary amides is 1. The van der Waals surface area contributed by atoms with Gasteiger partial charge in [0.1, 0.15) is 11.6 Å². The molecule has 0 fully saturated rings. The molecule has 7 heteroatoms. The van der Waals surface area contributed by atoms with Gasteiger partial charge in [0, 0.05) is 22.1 Å². The highest BCUT2D eigenvalue weighted by Gasteiger charge is 2.14. The molecule has 0 unspecified atom stereocenters. The highest BCUT2D eigenvalue weighted by molar-refractivity contribution is 9.10. The van der Waals surface area contributed by atoms with Crippen LogP contribution in [0.15, 0.2) is 34.8 Å². The van der Waals surface area contributed by atoms with Crippen molar-refractivity contribution in [3.8, 4) is 0 Å². The van der Waals surface area contributed by atoms with Crippen LogP contribution in [0.5, 0.6) is 0 Å². The molecule has 0 bridgehead atoms. The number of rotatable bonds is 4. The van der Waals surface area contributed by atoms with Gasteiger partial charge in [-0.05, 0) is 23.8 Å². The first kappa shape index (κ1) is 15.7. The van der Waals surface area contributed by atoms with E-state index in [1.165, 1.54) is 0 Å². The second kappa shape index (κ2) is 6.41. The van der Waals surface area contributed by atoms with Crippen LogP contribution in [0.2, 0.25) is 5.02 Å². The van der Waals surface area contributed by atoms with Crippen LogP contribution in [0.1, 0.15) is 15.9 Å². The topological polar surface area (TPSA) is 55.1 Å². The Kier molecular flexibility index (Phi) is 4.80. The molecule has 21 heavy (non-hydrogen) atoms. The average Bonchev–Trinajstić information content (AvgIpc) is 2.39. The van der Waals surface area contributed by atoms with Crippen LogP contribution in [0.4, 0.5) is 14.5 Å². The van der Waals surface area contributed by atoms with E-state index in [0.717, 1.165) is 16.1 Å². The molecule has 0 aliphatic carbocycles. The molecule has 2 rings (SSSR count). The van der Waals surface area contributed by atoms with Gasteiger partial charge < -0.3 is 11.1 Å². The lowest BCUT2D eigenvalue weighted by Crippen LogP contribution is -2.14. The number of hydrogen-bond acceptors (Lipinski definition) is 2. The summed E-state index contributed by atoms with van der Waals surface area (Å²) in [6, 6.07) is 6.91. The maximum absolute atomic E-state index is 13.7. The lowest BCUT2D eigenvalue weighted by Gasteiger charge is -2.11. The highest BCUT2D eigenvalue weighted by atomic mass is 79.9. The van der Waals surface area contributed by atoms with Gasteiger partial charge >= 0.3 is 0 Å². The predicted octanol–water partition coefficient (Wildman–Crippen LogP) is 4.09. The molecule has 0 spiro atoms. The zero-order valence-corrected chi connectivity index (χ0v) is 12.9. The van der Waals surface area contributed by atoms with Gasteiger partial charge in [-0.2, -0.15) is 0 Å². The summed E-state index contributed by atoms with van der Waals surface area (Å²) >= 11 is 9.32. The maximum atomic E-state index is 13.7. The largest absolute Gasteiger partial charge is 0.379 e. The number of nitrogens with one attached hydrogen (secondary N) is 1. The van der Waals surface area contributed by atoms with Gasteiger partial charge in [-0.15, -0.1) is 0 Å². The Morgan fingerprint density at radius 2 is 1.95 bits per heavy atom. The van der Waals surface area contributed by atoms with Crippen LogP contribution in [0.3, 0.4) is 0 Å². The van der Waals surface area contributed by atoms with E-state index < -0.39 is 17.5 Å². The molecule has 0 aliphatic rings. The zero-order chi connectivity index (χ0) is 15.6. The molecule has 0 aliphatic heterocycles. The van der Waals surface area contributed by atoms with Crippen molar-refractivity contribution in [2.24, 2.45) is 5.73 Å².